The van der Waals surface area contributed by atoms with E-state index in [1.54, 1.807) is 18.2 Å². The second kappa shape index (κ2) is 7.15. The number of rotatable bonds is 5. The molecule has 1 heterocycles. The number of alkyl halides is 3. The molecule has 1 amide bonds. The van der Waals surface area contributed by atoms with Crippen molar-refractivity contribution in [3.8, 4) is 0 Å². The summed E-state index contributed by atoms with van der Waals surface area (Å²) >= 11 is 0.943. The minimum atomic E-state index is -4.80. The molecule has 0 saturated carbocycles. The highest BCUT2D eigenvalue weighted by molar-refractivity contribution is 8.00. The smallest absolute Gasteiger partial charge is 0.282 e. The zero-order valence-corrected chi connectivity index (χ0v) is 14.8. The standard InChI is InChI=1S/C18H13F4N3OS/c1-17(27-14-9-7-12(19)8-10-14)16(15(23-24-17)18(20,21)22)25(11-26)13-5-3-2-4-6-13/h2-11H,1H3. The van der Waals surface area contributed by atoms with Gasteiger partial charge in [0.2, 0.25) is 6.41 Å². The van der Waals surface area contributed by atoms with Crippen molar-refractivity contribution in [2.45, 2.75) is 22.9 Å². The molecule has 1 unspecified atom stereocenters. The molecule has 1 aliphatic rings. The Kier molecular flexibility index (Phi) is 5.05. The van der Waals surface area contributed by atoms with Crippen LogP contribution in [0.1, 0.15) is 6.92 Å². The average molecular weight is 395 g/mol. The van der Waals surface area contributed by atoms with Gasteiger partial charge in [0.15, 0.2) is 10.6 Å². The van der Waals surface area contributed by atoms with E-state index in [2.05, 4.69) is 10.2 Å². The van der Waals surface area contributed by atoms with E-state index in [1.807, 2.05) is 0 Å². The summed E-state index contributed by atoms with van der Waals surface area (Å²) in [4.78, 5) is 11.6. The third kappa shape index (κ3) is 3.87. The van der Waals surface area contributed by atoms with Gasteiger partial charge in [0.25, 0.3) is 0 Å². The van der Waals surface area contributed by atoms with Gasteiger partial charge in [0, 0.05) is 10.6 Å². The van der Waals surface area contributed by atoms with Crippen LogP contribution in [0, 0.1) is 5.82 Å². The number of para-hydroxylation sites is 1. The van der Waals surface area contributed by atoms with Gasteiger partial charge in [-0.15, -0.1) is 5.11 Å². The number of benzene rings is 2. The lowest BCUT2D eigenvalue weighted by Gasteiger charge is -2.30. The summed E-state index contributed by atoms with van der Waals surface area (Å²) in [5.41, 5.74) is -1.39. The van der Waals surface area contributed by atoms with Gasteiger partial charge in [-0.25, -0.2) is 4.39 Å². The van der Waals surface area contributed by atoms with Gasteiger partial charge in [0.05, 0.1) is 5.70 Å². The van der Waals surface area contributed by atoms with E-state index >= 15 is 0 Å². The molecule has 0 spiro atoms. The Balaban J connectivity index is 2.10. The molecule has 0 saturated heterocycles. The fourth-order valence-electron chi connectivity index (χ4n) is 2.62. The lowest BCUT2D eigenvalue weighted by atomic mass is 10.1. The predicted molar refractivity (Wildman–Crippen MR) is 93.6 cm³/mol. The average Bonchev–Trinajstić information content (AvgIpc) is 2.96. The molecule has 0 N–H and O–H groups in total. The van der Waals surface area contributed by atoms with Crippen LogP contribution in [0.4, 0.5) is 23.2 Å². The number of halogens is 4. The number of hydrogen-bond acceptors (Lipinski definition) is 4. The first-order valence-corrected chi connectivity index (χ1v) is 8.55. The van der Waals surface area contributed by atoms with Crippen LogP contribution in [-0.4, -0.2) is 17.5 Å². The van der Waals surface area contributed by atoms with Gasteiger partial charge in [0.1, 0.15) is 5.82 Å². The van der Waals surface area contributed by atoms with E-state index in [0.717, 1.165) is 16.7 Å². The van der Waals surface area contributed by atoms with E-state index in [0.29, 0.717) is 11.3 Å². The summed E-state index contributed by atoms with van der Waals surface area (Å²) in [7, 11) is 0. The molecular weight excluding hydrogens is 382 g/mol. The Hall–Kier alpha value is -2.68. The molecule has 2 aromatic rings. The molecule has 0 aliphatic carbocycles. The van der Waals surface area contributed by atoms with Crippen LogP contribution in [0.2, 0.25) is 0 Å². The van der Waals surface area contributed by atoms with Crippen LogP contribution in [-0.2, 0) is 4.79 Å². The van der Waals surface area contributed by atoms with Gasteiger partial charge in [-0.2, -0.15) is 18.3 Å². The monoisotopic (exact) mass is 395 g/mol. The van der Waals surface area contributed by atoms with Crippen molar-refractivity contribution in [3.63, 3.8) is 0 Å². The van der Waals surface area contributed by atoms with Crippen molar-refractivity contribution in [1.82, 2.24) is 0 Å². The minimum Gasteiger partial charge on any atom is -0.282 e. The lowest BCUT2D eigenvalue weighted by Crippen LogP contribution is -2.35. The number of hydrogen-bond donors (Lipinski definition) is 0. The molecule has 0 aromatic heterocycles. The third-order valence-electron chi connectivity index (χ3n) is 3.78. The second-order valence-electron chi connectivity index (χ2n) is 5.74. The van der Waals surface area contributed by atoms with E-state index in [1.165, 1.54) is 43.3 Å². The van der Waals surface area contributed by atoms with Crippen molar-refractivity contribution < 1.29 is 22.4 Å². The second-order valence-corrected chi connectivity index (χ2v) is 7.22. The largest absolute Gasteiger partial charge is 0.437 e. The van der Waals surface area contributed by atoms with Crippen LogP contribution in [0.3, 0.4) is 0 Å². The molecule has 3 rings (SSSR count). The zero-order chi connectivity index (χ0) is 19.7. The molecular formula is C18H13F4N3OS. The summed E-state index contributed by atoms with van der Waals surface area (Å²) in [6.45, 7) is 1.43. The number of allylic oxidation sites excluding steroid dienone is 1. The van der Waals surface area contributed by atoms with Crippen molar-refractivity contribution in [1.29, 1.82) is 0 Å². The van der Waals surface area contributed by atoms with Gasteiger partial charge in [-0.05, 0) is 43.3 Å². The number of carbonyl (C=O) groups excluding carboxylic acids is 1. The first-order valence-electron chi connectivity index (χ1n) is 7.73. The van der Waals surface area contributed by atoms with E-state index in [-0.39, 0.29) is 5.69 Å². The minimum absolute atomic E-state index is 0.252. The third-order valence-corrected chi connectivity index (χ3v) is 4.96. The summed E-state index contributed by atoms with van der Waals surface area (Å²) < 4.78 is 53.8. The van der Waals surface area contributed by atoms with Gasteiger partial charge in [-0.3, -0.25) is 9.69 Å². The van der Waals surface area contributed by atoms with Gasteiger partial charge in [-0.1, -0.05) is 30.0 Å². The Bertz CT molecular complexity index is 897. The Morgan fingerprint density at radius 3 is 2.26 bits per heavy atom. The highest BCUT2D eigenvalue weighted by Gasteiger charge is 2.50. The maximum absolute atomic E-state index is 13.5. The van der Waals surface area contributed by atoms with Crippen molar-refractivity contribution in [3.05, 3.63) is 71.8 Å². The molecule has 1 aliphatic heterocycles. The van der Waals surface area contributed by atoms with Crippen molar-refractivity contribution in [2.24, 2.45) is 10.2 Å². The highest BCUT2D eigenvalue weighted by atomic mass is 32.2. The van der Waals surface area contributed by atoms with E-state index < -0.39 is 28.3 Å². The van der Waals surface area contributed by atoms with E-state index in [9.17, 15) is 22.4 Å². The molecule has 140 valence electrons. The summed E-state index contributed by atoms with van der Waals surface area (Å²) in [6, 6.07) is 13.2. The molecule has 1 atom stereocenters. The topological polar surface area (TPSA) is 45.0 Å². The summed E-state index contributed by atoms with van der Waals surface area (Å²) in [6.07, 6.45) is -4.49. The normalized spacial score (nSPS) is 19.4. The van der Waals surface area contributed by atoms with Crippen molar-refractivity contribution >= 4 is 23.9 Å². The summed E-state index contributed by atoms with van der Waals surface area (Å²) in [5, 5.41) is 7.14. The number of amides is 1. The number of anilines is 1. The number of carbonyl (C=O) groups is 1. The predicted octanol–water partition coefficient (Wildman–Crippen LogP) is 5.54. The van der Waals surface area contributed by atoms with Crippen LogP contribution in [0.5, 0.6) is 0 Å². The fraction of sp³-hybridized carbons (Fsp3) is 0.167. The van der Waals surface area contributed by atoms with E-state index in [4.69, 9.17) is 0 Å². The number of nitrogens with zero attached hydrogens (tertiary/aromatic N) is 3. The maximum Gasteiger partial charge on any atom is 0.437 e. The van der Waals surface area contributed by atoms with Crippen LogP contribution in [0.15, 0.2) is 81.1 Å². The molecule has 0 fully saturated rings. The Morgan fingerprint density at radius 1 is 1.07 bits per heavy atom. The molecule has 4 nitrogen and oxygen atoms in total. The molecule has 9 heteroatoms. The van der Waals surface area contributed by atoms with Crippen LogP contribution < -0.4 is 4.90 Å². The Morgan fingerprint density at radius 2 is 1.70 bits per heavy atom. The molecule has 2 aromatic carbocycles. The first kappa shape index (κ1) is 19.1. The van der Waals surface area contributed by atoms with Crippen LogP contribution in [0.25, 0.3) is 0 Å². The fourth-order valence-corrected chi connectivity index (χ4v) is 3.72. The zero-order valence-electron chi connectivity index (χ0n) is 13.9. The van der Waals surface area contributed by atoms with Gasteiger partial charge >= 0.3 is 6.18 Å². The molecule has 0 bridgehead atoms. The number of thioether (sulfide) groups is 1. The molecule has 0 radical (unpaired) electrons. The quantitative estimate of drug-likeness (QED) is 0.493. The first-order chi connectivity index (χ1) is 12.7. The lowest BCUT2D eigenvalue weighted by molar-refractivity contribution is -0.107. The molecule has 27 heavy (non-hydrogen) atoms. The maximum atomic E-state index is 13.5. The summed E-state index contributed by atoms with van der Waals surface area (Å²) in [5.74, 6) is -0.469. The SMILES string of the molecule is CC1(Sc2ccc(F)cc2)N=NC(C(F)(F)F)=C1N(C=O)c1ccccc1. The number of azo groups is 1. The van der Waals surface area contributed by atoms with Gasteiger partial charge < -0.3 is 0 Å². The van der Waals surface area contributed by atoms with Crippen LogP contribution >= 0.6 is 11.8 Å². The highest BCUT2D eigenvalue weighted by Crippen LogP contribution is 2.50. The van der Waals surface area contributed by atoms with Crippen molar-refractivity contribution in [2.75, 3.05) is 4.90 Å². The Labute approximate surface area is 156 Å².